The van der Waals surface area contributed by atoms with Gasteiger partial charge < -0.3 is 0 Å². The molecule has 11 nitrogen and oxygen atoms in total. The maximum Gasteiger partial charge on any atom is 0.295 e. The number of hydrogen-bond acceptors (Lipinski definition) is 8. The number of hydrazone groups is 1. The van der Waals surface area contributed by atoms with Crippen molar-refractivity contribution in [2.45, 2.75) is 11.8 Å². The van der Waals surface area contributed by atoms with E-state index in [4.69, 9.17) is 5.14 Å². The lowest BCUT2D eigenvalue weighted by Gasteiger charge is -2.06. The number of nitrogens with zero attached hydrogens (tertiary/aromatic N) is 3. The van der Waals surface area contributed by atoms with Gasteiger partial charge in [0.2, 0.25) is 10.0 Å². The Morgan fingerprint density at radius 3 is 2.19 bits per heavy atom. The molecule has 0 aliphatic carbocycles. The Bertz CT molecular complexity index is 1000. The summed E-state index contributed by atoms with van der Waals surface area (Å²) >= 11 is 0. The average molecular weight is 379 g/mol. The first-order chi connectivity index (χ1) is 12.1. The summed E-state index contributed by atoms with van der Waals surface area (Å²) in [6.07, 6.45) is 0. The molecular formula is C14H13N5O6S. The Morgan fingerprint density at radius 1 is 1.08 bits per heavy atom. The molecule has 2 aromatic rings. The number of rotatable bonds is 6. The van der Waals surface area contributed by atoms with Crippen molar-refractivity contribution in [1.29, 1.82) is 0 Å². The predicted molar refractivity (Wildman–Crippen MR) is 93.4 cm³/mol. The van der Waals surface area contributed by atoms with Crippen molar-refractivity contribution >= 4 is 32.8 Å². The number of primary sulfonamides is 1. The summed E-state index contributed by atoms with van der Waals surface area (Å²) in [6.45, 7) is 1.60. The van der Waals surface area contributed by atoms with Crippen LogP contribution in [0.2, 0.25) is 0 Å². The summed E-state index contributed by atoms with van der Waals surface area (Å²) in [6, 6.07) is 8.68. The Morgan fingerprint density at radius 2 is 1.69 bits per heavy atom. The molecule has 0 aliphatic rings. The first-order valence-corrected chi connectivity index (χ1v) is 8.50. The third-order valence-electron chi connectivity index (χ3n) is 3.33. The third-order valence-corrected chi connectivity index (χ3v) is 4.25. The van der Waals surface area contributed by atoms with Crippen molar-refractivity contribution in [3.05, 3.63) is 68.3 Å². The minimum atomic E-state index is -4.08. The number of anilines is 1. The van der Waals surface area contributed by atoms with Gasteiger partial charge in [-0.15, -0.1) is 0 Å². The van der Waals surface area contributed by atoms with Crippen molar-refractivity contribution in [2.75, 3.05) is 5.43 Å². The molecule has 0 fully saturated rings. The fraction of sp³-hybridized carbons (Fsp3) is 0.0714. The van der Waals surface area contributed by atoms with Crippen LogP contribution in [0.4, 0.5) is 17.1 Å². The number of benzene rings is 2. The summed E-state index contributed by atoms with van der Waals surface area (Å²) in [5.74, 6) is 0. The molecule has 0 atom stereocenters. The smallest absolute Gasteiger partial charge is 0.271 e. The Hall–Kier alpha value is -3.38. The van der Waals surface area contributed by atoms with Crippen LogP contribution in [-0.2, 0) is 10.0 Å². The molecule has 0 unspecified atom stereocenters. The van der Waals surface area contributed by atoms with Crippen LogP contribution in [0.1, 0.15) is 12.5 Å². The fourth-order valence-electron chi connectivity index (χ4n) is 1.97. The van der Waals surface area contributed by atoms with E-state index in [-0.39, 0.29) is 11.4 Å². The van der Waals surface area contributed by atoms with E-state index in [1.807, 2.05) is 0 Å². The van der Waals surface area contributed by atoms with Gasteiger partial charge in [0.1, 0.15) is 5.69 Å². The van der Waals surface area contributed by atoms with Gasteiger partial charge >= 0.3 is 0 Å². The lowest BCUT2D eigenvalue weighted by Crippen LogP contribution is -2.12. The van der Waals surface area contributed by atoms with Gasteiger partial charge in [0.15, 0.2) is 0 Å². The first kappa shape index (κ1) is 19.0. The second-order valence-corrected chi connectivity index (χ2v) is 6.66. The lowest BCUT2D eigenvalue weighted by atomic mass is 10.1. The summed E-state index contributed by atoms with van der Waals surface area (Å²) in [4.78, 5) is 20.1. The van der Waals surface area contributed by atoms with Crippen LogP contribution in [0.25, 0.3) is 0 Å². The van der Waals surface area contributed by atoms with E-state index < -0.39 is 30.5 Å². The summed E-state index contributed by atoms with van der Waals surface area (Å²) in [7, 11) is -4.08. The normalized spacial score (nSPS) is 11.8. The molecule has 2 aromatic carbocycles. The molecule has 0 amide bonds. The van der Waals surface area contributed by atoms with Crippen LogP contribution in [0.3, 0.4) is 0 Å². The number of nitro benzene ring substituents is 2. The Balaban J connectivity index is 2.31. The molecular weight excluding hydrogens is 366 g/mol. The van der Waals surface area contributed by atoms with Crippen molar-refractivity contribution in [2.24, 2.45) is 10.2 Å². The maximum absolute atomic E-state index is 11.3. The van der Waals surface area contributed by atoms with Gasteiger partial charge in [0, 0.05) is 18.2 Å². The van der Waals surface area contributed by atoms with Gasteiger partial charge in [-0.3, -0.25) is 25.7 Å². The highest BCUT2D eigenvalue weighted by atomic mass is 32.2. The quantitative estimate of drug-likeness (QED) is 0.439. The molecule has 136 valence electrons. The van der Waals surface area contributed by atoms with Gasteiger partial charge in [-0.1, -0.05) is 0 Å². The number of non-ortho nitro benzene ring substituents is 1. The highest BCUT2D eigenvalue weighted by molar-refractivity contribution is 7.89. The lowest BCUT2D eigenvalue weighted by molar-refractivity contribution is -0.384. The topological polar surface area (TPSA) is 171 Å². The van der Waals surface area contributed by atoms with Crippen LogP contribution in [0.5, 0.6) is 0 Å². The number of sulfonamides is 1. The molecule has 26 heavy (non-hydrogen) atoms. The van der Waals surface area contributed by atoms with Gasteiger partial charge in [-0.25, -0.2) is 13.6 Å². The molecule has 12 heteroatoms. The highest BCUT2D eigenvalue weighted by Gasteiger charge is 2.19. The van der Waals surface area contributed by atoms with Crippen LogP contribution in [-0.4, -0.2) is 24.0 Å². The van der Waals surface area contributed by atoms with Crippen molar-refractivity contribution in [3.63, 3.8) is 0 Å². The standard InChI is InChI=1S/C14H13N5O6S/c1-9(10-2-4-11(5-3-10)18(20)21)16-17-13-7-6-12(26(15,24)25)8-14(13)19(22)23/h2-8,17H,1H3,(H2,15,24,25)/b16-9+. The molecule has 0 saturated heterocycles. The molecule has 2 rings (SSSR count). The van der Waals surface area contributed by atoms with E-state index in [0.717, 1.165) is 12.1 Å². The van der Waals surface area contributed by atoms with E-state index in [1.165, 1.54) is 30.3 Å². The van der Waals surface area contributed by atoms with Crippen molar-refractivity contribution in [3.8, 4) is 0 Å². The highest BCUT2D eigenvalue weighted by Crippen LogP contribution is 2.27. The second-order valence-electron chi connectivity index (χ2n) is 5.09. The third kappa shape index (κ3) is 4.37. The van der Waals surface area contributed by atoms with Crippen LogP contribution < -0.4 is 10.6 Å². The summed E-state index contributed by atoms with van der Waals surface area (Å²) in [5.41, 5.74) is 2.82. The van der Waals surface area contributed by atoms with Crippen LogP contribution in [0.15, 0.2) is 52.5 Å². The number of nitro groups is 2. The largest absolute Gasteiger partial charge is 0.295 e. The van der Waals surface area contributed by atoms with Gasteiger partial charge in [0.25, 0.3) is 11.4 Å². The average Bonchev–Trinajstić information content (AvgIpc) is 2.58. The molecule has 0 radical (unpaired) electrons. The first-order valence-electron chi connectivity index (χ1n) is 6.96. The van der Waals surface area contributed by atoms with Crippen LogP contribution in [0, 0.1) is 20.2 Å². The zero-order valence-corrected chi connectivity index (χ0v) is 14.1. The van der Waals surface area contributed by atoms with Crippen LogP contribution >= 0.6 is 0 Å². The Labute approximate surface area is 147 Å². The molecule has 0 aromatic heterocycles. The predicted octanol–water partition coefficient (Wildman–Crippen LogP) is 1.99. The van der Waals surface area contributed by atoms with E-state index in [2.05, 4.69) is 10.5 Å². The number of hydrogen-bond donors (Lipinski definition) is 2. The zero-order chi connectivity index (χ0) is 19.5. The minimum Gasteiger partial charge on any atom is -0.271 e. The number of nitrogens with one attached hydrogen (secondary N) is 1. The fourth-order valence-corrected chi connectivity index (χ4v) is 2.50. The van der Waals surface area contributed by atoms with Gasteiger partial charge in [0.05, 0.1) is 20.5 Å². The van der Waals surface area contributed by atoms with E-state index in [0.29, 0.717) is 11.3 Å². The van der Waals surface area contributed by atoms with Gasteiger partial charge in [-0.2, -0.15) is 5.10 Å². The molecule has 3 N–H and O–H groups in total. The number of nitrogens with two attached hydrogens (primary N) is 1. The molecule has 0 saturated carbocycles. The molecule has 0 aliphatic heterocycles. The van der Waals surface area contributed by atoms with E-state index in [1.54, 1.807) is 6.92 Å². The van der Waals surface area contributed by atoms with Crippen molar-refractivity contribution in [1.82, 2.24) is 0 Å². The zero-order valence-electron chi connectivity index (χ0n) is 13.3. The van der Waals surface area contributed by atoms with Crippen molar-refractivity contribution < 1.29 is 18.3 Å². The van der Waals surface area contributed by atoms with E-state index >= 15 is 0 Å². The monoisotopic (exact) mass is 379 g/mol. The second kappa shape index (κ2) is 7.25. The minimum absolute atomic E-state index is 0.0383. The van der Waals surface area contributed by atoms with E-state index in [9.17, 15) is 28.6 Å². The molecule has 0 heterocycles. The molecule has 0 bridgehead atoms. The summed E-state index contributed by atoms with van der Waals surface area (Å²) < 4.78 is 22.6. The molecule has 0 spiro atoms. The Kier molecular flexibility index (Phi) is 5.28. The summed E-state index contributed by atoms with van der Waals surface area (Å²) in [5, 5.41) is 30.7. The SMILES string of the molecule is C/C(=N\Nc1ccc(S(N)(=O)=O)cc1[N+](=O)[O-])c1ccc([N+](=O)[O-])cc1. The van der Waals surface area contributed by atoms with Gasteiger partial charge in [-0.05, 0) is 36.8 Å². The maximum atomic E-state index is 11.3.